The van der Waals surface area contributed by atoms with Crippen LogP contribution in [-0.4, -0.2) is 38.6 Å². The maximum Gasteiger partial charge on any atom is 0.337 e. The Hall–Kier alpha value is -3.95. The van der Waals surface area contributed by atoms with Crippen LogP contribution in [0.3, 0.4) is 0 Å². The van der Waals surface area contributed by atoms with Crippen molar-refractivity contribution in [2.75, 3.05) is 0 Å². The molecule has 6 nitrogen and oxygen atoms in total. The van der Waals surface area contributed by atoms with Crippen molar-refractivity contribution >= 4 is 52.3 Å². The molecule has 5 rings (SSSR count). The number of hydrazone groups is 1. The van der Waals surface area contributed by atoms with Crippen molar-refractivity contribution in [2.45, 2.75) is 31.7 Å². The number of para-hydroxylation sites is 1. The van der Waals surface area contributed by atoms with E-state index in [0.717, 1.165) is 27.6 Å². The van der Waals surface area contributed by atoms with Crippen molar-refractivity contribution in [2.24, 2.45) is 5.10 Å². The summed E-state index contributed by atoms with van der Waals surface area (Å²) in [6.45, 7) is 1.89. The topological polar surface area (TPSA) is 85.8 Å². The van der Waals surface area contributed by atoms with E-state index in [1.54, 1.807) is 24.3 Å². The Morgan fingerprint density at radius 3 is 2.41 bits per heavy atom. The highest BCUT2D eigenvalue weighted by Gasteiger charge is 2.48. The third-order valence-corrected chi connectivity index (χ3v) is 7.17. The fourth-order valence-electron chi connectivity index (χ4n) is 4.76. The lowest BCUT2D eigenvalue weighted by molar-refractivity contribution is -0.167. The zero-order valence-corrected chi connectivity index (χ0v) is 22.2. The van der Waals surface area contributed by atoms with Gasteiger partial charge >= 0.3 is 17.8 Å². The van der Waals surface area contributed by atoms with Crippen molar-refractivity contribution in [3.63, 3.8) is 0 Å². The Labute approximate surface area is 232 Å². The predicted molar refractivity (Wildman–Crippen MR) is 149 cm³/mol. The molecule has 0 spiro atoms. The molecular formula is C29H22ClF2N3O3S. The molecule has 1 aliphatic rings. The number of halogens is 3. The van der Waals surface area contributed by atoms with Crippen LogP contribution in [0, 0.1) is 11.6 Å². The first kappa shape index (κ1) is 26.6. The van der Waals surface area contributed by atoms with Crippen molar-refractivity contribution in [1.82, 2.24) is 9.99 Å². The van der Waals surface area contributed by atoms with Gasteiger partial charge in [0.05, 0.1) is 11.8 Å². The van der Waals surface area contributed by atoms with Gasteiger partial charge in [-0.25, -0.2) is 5.01 Å². The van der Waals surface area contributed by atoms with Crippen LogP contribution in [0.2, 0.25) is 5.02 Å². The normalized spacial score (nSPS) is 15.4. The fourth-order valence-corrected chi connectivity index (χ4v) is 5.22. The number of carbonyl (C=O) groups excluding carboxylic acids is 1. The molecule has 198 valence electrons. The summed E-state index contributed by atoms with van der Waals surface area (Å²) in [5.41, 5.74) is 4.64. The van der Waals surface area contributed by atoms with Crippen molar-refractivity contribution in [3.8, 4) is 11.1 Å². The van der Waals surface area contributed by atoms with Gasteiger partial charge in [0.15, 0.2) is 0 Å². The average Bonchev–Trinajstić information content (AvgIpc) is 3.32. The number of carbonyl (C=O) groups is 2. The number of hydrogen-bond donors (Lipinski definition) is 2. The first-order valence-corrected chi connectivity index (χ1v) is 12.8. The van der Waals surface area contributed by atoms with Crippen LogP contribution in [0.15, 0.2) is 77.9 Å². The van der Waals surface area contributed by atoms with Crippen LogP contribution in [0.5, 0.6) is 0 Å². The molecule has 1 atom stereocenters. The summed E-state index contributed by atoms with van der Waals surface area (Å²) in [6, 6.07) is 20.9. The summed E-state index contributed by atoms with van der Waals surface area (Å²) in [4.78, 5) is 27.4. The molecule has 0 fully saturated rings. The number of amides is 1. The summed E-state index contributed by atoms with van der Waals surface area (Å²) in [5.74, 6) is -7.63. The van der Waals surface area contributed by atoms with E-state index >= 15 is 0 Å². The number of pyridine rings is 1. The number of aryl methyl sites for hydroxylation is 1. The Morgan fingerprint density at radius 2 is 1.74 bits per heavy atom. The molecule has 0 aliphatic carbocycles. The summed E-state index contributed by atoms with van der Waals surface area (Å²) < 4.78 is 29.9. The zero-order valence-electron chi connectivity index (χ0n) is 20.6. The molecule has 0 saturated heterocycles. The number of nitrogens with zero attached hydrogens (tertiary/aromatic N) is 2. The van der Waals surface area contributed by atoms with Gasteiger partial charge < -0.3 is 10.1 Å². The molecule has 1 aromatic heterocycles. The highest BCUT2D eigenvalue weighted by atomic mass is 35.5. The lowest BCUT2D eigenvalue weighted by Crippen LogP contribution is -2.42. The number of hydrogen-bond acceptors (Lipinski definition) is 4. The number of carboxylic acids is 1. The summed E-state index contributed by atoms with van der Waals surface area (Å²) >= 11 is 11.9. The Morgan fingerprint density at radius 1 is 1.08 bits per heavy atom. The number of carboxylic acid groups (broad SMARTS) is 1. The third kappa shape index (κ3) is 5.20. The molecule has 2 N–H and O–H groups in total. The number of fused-ring (bicyclic) bond motifs is 1. The highest BCUT2D eigenvalue weighted by molar-refractivity contribution is 7.71. The van der Waals surface area contributed by atoms with E-state index < -0.39 is 30.3 Å². The molecule has 4 aromatic rings. The van der Waals surface area contributed by atoms with Crippen LogP contribution in [0.1, 0.15) is 35.6 Å². The smallest absolute Gasteiger partial charge is 0.337 e. The first-order chi connectivity index (χ1) is 18.5. The quantitative estimate of drug-likeness (QED) is 0.240. The number of aromatic amines is 1. The average molecular weight is 566 g/mol. The number of alkyl halides is 2. The number of aliphatic carboxylic acids is 1. The van der Waals surface area contributed by atoms with E-state index in [0.29, 0.717) is 31.5 Å². The molecule has 0 radical (unpaired) electrons. The number of benzene rings is 3. The molecule has 1 unspecified atom stereocenters. The number of aromatic nitrogens is 1. The Bertz CT molecular complexity index is 1690. The maximum absolute atomic E-state index is 14.8. The predicted octanol–water partition coefficient (Wildman–Crippen LogP) is 7.31. The van der Waals surface area contributed by atoms with Crippen LogP contribution >= 0.6 is 23.8 Å². The molecule has 0 saturated carbocycles. The monoisotopic (exact) mass is 565 g/mol. The van der Waals surface area contributed by atoms with Gasteiger partial charge in [-0.2, -0.15) is 13.9 Å². The number of rotatable bonds is 6. The minimum absolute atomic E-state index is 0.0916. The summed E-state index contributed by atoms with van der Waals surface area (Å²) in [5, 5.41) is 15.5. The second kappa shape index (κ2) is 10.3. The first-order valence-electron chi connectivity index (χ1n) is 12.0. The van der Waals surface area contributed by atoms with E-state index in [-0.39, 0.29) is 6.42 Å². The number of nitrogens with one attached hydrogen (secondary N) is 1. The molecule has 39 heavy (non-hydrogen) atoms. The molecule has 10 heteroatoms. The summed E-state index contributed by atoms with van der Waals surface area (Å²) in [6.07, 6.45) is -1.55. The van der Waals surface area contributed by atoms with Gasteiger partial charge in [-0.1, -0.05) is 84.0 Å². The second-order valence-corrected chi connectivity index (χ2v) is 10.2. The van der Waals surface area contributed by atoms with E-state index in [2.05, 4.69) is 10.1 Å². The van der Waals surface area contributed by atoms with E-state index in [9.17, 15) is 18.4 Å². The Kier molecular flexibility index (Phi) is 7.05. The Balaban J connectivity index is 1.72. The maximum atomic E-state index is 14.8. The molecule has 1 aliphatic heterocycles. The van der Waals surface area contributed by atoms with Crippen LogP contribution < -0.4 is 0 Å². The minimum atomic E-state index is -4.15. The van der Waals surface area contributed by atoms with E-state index in [1.165, 1.54) is 0 Å². The van der Waals surface area contributed by atoms with E-state index in [4.69, 9.17) is 28.9 Å². The van der Waals surface area contributed by atoms with Crippen LogP contribution in [0.4, 0.5) is 8.78 Å². The molecular weight excluding hydrogens is 544 g/mol. The van der Waals surface area contributed by atoms with Gasteiger partial charge in [0, 0.05) is 33.5 Å². The molecule has 1 amide bonds. The van der Waals surface area contributed by atoms with Crippen molar-refractivity contribution in [3.05, 3.63) is 99.1 Å². The van der Waals surface area contributed by atoms with Gasteiger partial charge in [0.25, 0.3) is 0 Å². The number of H-pyrrole nitrogens is 1. The van der Waals surface area contributed by atoms with Gasteiger partial charge in [-0.15, -0.1) is 0 Å². The van der Waals surface area contributed by atoms with Gasteiger partial charge in [0.1, 0.15) is 11.1 Å². The molecule has 2 heterocycles. The van der Waals surface area contributed by atoms with Crippen molar-refractivity contribution < 1.29 is 23.5 Å². The molecule has 0 bridgehead atoms. The SMILES string of the molecule is Cc1ccc(C2CC(c3c(-c4ccc(Cl)cc4)c4ccccc4[nH]c3=S)=NN2C(=O)C(F)(F)CC(=O)O)cc1. The summed E-state index contributed by atoms with van der Waals surface area (Å²) in [7, 11) is 0. The minimum Gasteiger partial charge on any atom is -0.481 e. The van der Waals surface area contributed by atoms with E-state index in [1.807, 2.05) is 55.5 Å². The van der Waals surface area contributed by atoms with Gasteiger partial charge in [-0.05, 0) is 36.2 Å². The van der Waals surface area contributed by atoms with Gasteiger partial charge in [0.2, 0.25) is 0 Å². The standard InChI is InChI=1S/C29H22ClF2N3O3S/c1-16-6-8-17(9-7-16)23-14-22(34-35(23)28(38)29(31,32)15-24(36)37)26-25(18-10-12-19(30)13-11-18)20-4-2-3-5-21(20)33-27(26)39/h2-13,23H,14-15H2,1H3,(H,33,39)(H,36,37). The molecule has 3 aromatic carbocycles. The van der Waals surface area contributed by atoms with Gasteiger partial charge in [-0.3, -0.25) is 9.59 Å². The van der Waals surface area contributed by atoms with Crippen LogP contribution in [0.25, 0.3) is 22.0 Å². The lowest BCUT2D eigenvalue weighted by Gasteiger charge is -2.25. The lowest BCUT2D eigenvalue weighted by atomic mass is 9.91. The fraction of sp³-hybridized carbons (Fsp3) is 0.172. The second-order valence-electron chi connectivity index (χ2n) is 9.36. The highest BCUT2D eigenvalue weighted by Crippen LogP contribution is 2.40. The zero-order chi connectivity index (χ0) is 27.9. The van der Waals surface area contributed by atoms with Crippen LogP contribution in [-0.2, 0) is 9.59 Å². The largest absolute Gasteiger partial charge is 0.481 e. The third-order valence-electron chi connectivity index (χ3n) is 6.61. The van der Waals surface area contributed by atoms with Crippen molar-refractivity contribution in [1.29, 1.82) is 0 Å².